The molecule has 0 heterocycles. The van der Waals surface area contributed by atoms with E-state index in [1.165, 1.54) is 12.1 Å². The van der Waals surface area contributed by atoms with Gasteiger partial charge in [0.2, 0.25) is 0 Å². The van der Waals surface area contributed by atoms with Crippen LogP contribution in [0.5, 0.6) is 0 Å². The largest absolute Gasteiger partial charge is 0.396 e. The third kappa shape index (κ3) is 4.26. The van der Waals surface area contributed by atoms with Gasteiger partial charge < -0.3 is 10.0 Å². The number of nitrogens with zero attached hydrogens (tertiary/aromatic N) is 2. The van der Waals surface area contributed by atoms with Crippen molar-refractivity contribution in [1.82, 2.24) is 0 Å². The SMILES string of the molecule is C[C@H](CCO)N(Cc1ccccc1)c1ccc(F)cc1[N+](=O)[O-]. The third-order valence-electron chi connectivity index (χ3n) is 3.72. The zero-order chi connectivity index (χ0) is 16.8. The van der Waals surface area contributed by atoms with Crippen molar-refractivity contribution in [3.8, 4) is 0 Å². The molecule has 0 spiro atoms. The zero-order valence-electron chi connectivity index (χ0n) is 12.9. The van der Waals surface area contributed by atoms with Crippen molar-refractivity contribution in [3.05, 3.63) is 70.0 Å². The molecule has 0 saturated carbocycles. The first-order chi connectivity index (χ1) is 11.0. The van der Waals surface area contributed by atoms with Crippen molar-refractivity contribution in [2.75, 3.05) is 11.5 Å². The summed E-state index contributed by atoms with van der Waals surface area (Å²) < 4.78 is 13.4. The second kappa shape index (κ2) is 7.69. The van der Waals surface area contributed by atoms with Crippen molar-refractivity contribution in [1.29, 1.82) is 0 Å². The van der Waals surface area contributed by atoms with Gasteiger partial charge in [0.1, 0.15) is 11.5 Å². The summed E-state index contributed by atoms with van der Waals surface area (Å²) in [6.07, 6.45) is 0.460. The topological polar surface area (TPSA) is 66.6 Å². The molecule has 23 heavy (non-hydrogen) atoms. The number of aliphatic hydroxyl groups excluding tert-OH is 1. The first-order valence-electron chi connectivity index (χ1n) is 7.38. The van der Waals surface area contributed by atoms with Crippen molar-refractivity contribution in [2.45, 2.75) is 25.9 Å². The maximum atomic E-state index is 13.4. The number of hydrogen-bond acceptors (Lipinski definition) is 4. The van der Waals surface area contributed by atoms with E-state index >= 15 is 0 Å². The van der Waals surface area contributed by atoms with Gasteiger partial charge in [0, 0.05) is 19.2 Å². The van der Waals surface area contributed by atoms with Crippen LogP contribution < -0.4 is 4.90 Å². The van der Waals surface area contributed by atoms with Gasteiger partial charge in [-0.25, -0.2) is 4.39 Å². The van der Waals surface area contributed by atoms with Crippen LogP contribution in [0, 0.1) is 15.9 Å². The molecule has 0 fully saturated rings. The summed E-state index contributed by atoms with van der Waals surface area (Å²) in [5, 5.41) is 20.5. The van der Waals surface area contributed by atoms with Gasteiger partial charge in [0.15, 0.2) is 0 Å². The molecular weight excluding hydrogens is 299 g/mol. The lowest BCUT2D eigenvalue weighted by Crippen LogP contribution is -2.33. The molecule has 2 aromatic carbocycles. The number of halogens is 1. The fraction of sp³-hybridized carbons (Fsp3) is 0.294. The molecular formula is C17H19FN2O3. The van der Waals surface area contributed by atoms with E-state index < -0.39 is 10.7 Å². The minimum absolute atomic E-state index is 0.0263. The predicted octanol–water partition coefficient (Wildman–Crippen LogP) is 3.51. The van der Waals surface area contributed by atoms with Crippen molar-refractivity contribution in [3.63, 3.8) is 0 Å². The second-order valence-electron chi connectivity index (χ2n) is 5.36. The molecule has 122 valence electrons. The average Bonchev–Trinajstić information content (AvgIpc) is 2.54. The highest BCUT2D eigenvalue weighted by Gasteiger charge is 2.24. The van der Waals surface area contributed by atoms with Crippen molar-refractivity contribution in [2.24, 2.45) is 0 Å². The Morgan fingerprint density at radius 1 is 1.26 bits per heavy atom. The molecule has 5 nitrogen and oxygen atoms in total. The summed E-state index contributed by atoms with van der Waals surface area (Å²) in [5.41, 5.74) is 1.06. The first kappa shape index (κ1) is 16.9. The molecule has 2 rings (SSSR count). The smallest absolute Gasteiger partial charge is 0.295 e. The number of nitro benzene ring substituents is 1. The summed E-state index contributed by atoms with van der Waals surface area (Å²) in [5.74, 6) is -0.644. The van der Waals surface area contributed by atoms with Gasteiger partial charge in [-0.1, -0.05) is 30.3 Å². The van der Waals surface area contributed by atoms with E-state index in [4.69, 9.17) is 0 Å². The Balaban J connectivity index is 2.43. The maximum absolute atomic E-state index is 13.4. The van der Waals surface area contributed by atoms with Crippen LogP contribution in [0.4, 0.5) is 15.8 Å². The van der Waals surface area contributed by atoms with Crippen LogP contribution in [0.2, 0.25) is 0 Å². The first-order valence-corrected chi connectivity index (χ1v) is 7.38. The molecule has 2 aromatic rings. The lowest BCUT2D eigenvalue weighted by molar-refractivity contribution is -0.384. The molecule has 0 unspecified atom stereocenters. The van der Waals surface area contributed by atoms with E-state index in [1.807, 2.05) is 42.2 Å². The van der Waals surface area contributed by atoms with E-state index in [9.17, 15) is 19.6 Å². The van der Waals surface area contributed by atoms with Crippen molar-refractivity contribution >= 4 is 11.4 Å². The Labute approximate surface area is 134 Å². The van der Waals surface area contributed by atoms with Crippen LogP contribution in [-0.4, -0.2) is 22.7 Å². The minimum atomic E-state index is -0.644. The van der Waals surface area contributed by atoms with E-state index in [0.29, 0.717) is 18.7 Å². The minimum Gasteiger partial charge on any atom is -0.396 e. The summed E-state index contributed by atoms with van der Waals surface area (Å²) in [6, 6.07) is 13.0. The maximum Gasteiger partial charge on any atom is 0.295 e. The Kier molecular flexibility index (Phi) is 5.65. The third-order valence-corrected chi connectivity index (χ3v) is 3.72. The standard InChI is InChI=1S/C17H19FN2O3/c1-13(9-10-21)19(12-14-5-3-2-4-6-14)16-8-7-15(18)11-17(16)20(22)23/h2-8,11,13,21H,9-10,12H2,1H3/t13-/m1/s1. The molecule has 0 aliphatic rings. The number of aliphatic hydroxyl groups is 1. The van der Waals surface area contributed by atoms with Gasteiger partial charge in [-0.05, 0) is 31.0 Å². The molecule has 0 aliphatic heterocycles. The zero-order valence-corrected chi connectivity index (χ0v) is 12.9. The molecule has 0 bridgehead atoms. The lowest BCUT2D eigenvalue weighted by Gasteiger charge is -2.31. The molecule has 0 saturated heterocycles. The van der Waals surface area contributed by atoms with Crippen LogP contribution in [-0.2, 0) is 6.54 Å². The average molecular weight is 318 g/mol. The molecule has 0 aromatic heterocycles. The quantitative estimate of drug-likeness (QED) is 0.626. The molecule has 0 radical (unpaired) electrons. The Bertz CT molecular complexity index is 664. The Hall–Kier alpha value is -2.47. The van der Waals surface area contributed by atoms with Crippen LogP contribution >= 0.6 is 0 Å². The normalized spacial score (nSPS) is 12.0. The fourth-order valence-electron chi connectivity index (χ4n) is 2.49. The number of rotatable bonds is 7. The number of nitro groups is 1. The van der Waals surface area contributed by atoms with Crippen LogP contribution in [0.1, 0.15) is 18.9 Å². The second-order valence-corrected chi connectivity index (χ2v) is 5.36. The predicted molar refractivity (Wildman–Crippen MR) is 86.8 cm³/mol. The fourth-order valence-corrected chi connectivity index (χ4v) is 2.49. The number of anilines is 1. The summed E-state index contributed by atoms with van der Waals surface area (Å²) in [7, 11) is 0. The molecule has 1 N–H and O–H groups in total. The van der Waals surface area contributed by atoms with Gasteiger partial charge in [0.05, 0.1) is 11.0 Å². The highest BCUT2D eigenvalue weighted by molar-refractivity contribution is 5.64. The number of hydrogen-bond donors (Lipinski definition) is 1. The Morgan fingerprint density at radius 3 is 2.57 bits per heavy atom. The van der Waals surface area contributed by atoms with E-state index in [-0.39, 0.29) is 18.3 Å². The molecule has 6 heteroatoms. The van der Waals surface area contributed by atoms with Crippen LogP contribution in [0.25, 0.3) is 0 Å². The van der Waals surface area contributed by atoms with Gasteiger partial charge in [-0.2, -0.15) is 0 Å². The van der Waals surface area contributed by atoms with Crippen molar-refractivity contribution < 1.29 is 14.4 Å². The lowest BCUT2D eigenvalue weighted by atomic mass is 10.1. The van der Waals surface area contributed by atoms with Gasteiger partial charge in [-0.3, -0.25) is 10.1 Å². The number of benzene rings is 2. The highest BCUT2D eigenvalue weighted by Crippen LogP contribution is 2.32. The molecule has 0 aliphatic carbocycles. The van der Waals surface area contributed by atoms with Crippen LogP contribution in [0.3, 0.4) is 0 Å². The van der Waals surface area contributed by atoms with Gasteiger partial charge in [-0.15, -0.1) is 0 Å². The summed E-state index contributed by atoms with van der Waals surface area (Å²) in [6.45, 7) is 2.29. The summed E-state index contributed by atoms with van der Waals surface area (Å²) >= 11 is 0. The highest BCUT2D eigenvalue weighted by atomic mass is 19.1. The van der Waals surface area contributed by atoms with Gasteiger partial charge >= 0.3 is 0 Å². The van der Waals surface area contributed by atoms with E-state index in [0.717, 1.165) is 11.6 Å². The van der Waals surface area contributed by atoms with E-state index in [1.54, 1.807) is 0 Å². The monoisotopic (exact) mass is 318 g/mol. The van der Waals surface area contributed by atoms with Gasteiger partial charge in [0.25, 0.3) is 5.69 Å². The summed E-state index contributed by atoms with van der Waals surface area (Å²) in [4.78, 5) is 12.5. The molecule has 1 atom stereocenters. The molecule has 0 amide bonds. The van der Waals surface area contributed by atoms with E-state index in [2.05, 4.69) is 0 Å². The Morgan fingerprint density at radius 2 is 1.96 bits per heavy atom. The van der Waals surface area contributed by atoms with Crippen LogP contribution in [0.15, 0.2) is 48.5 Å².